The van der Waals surface area contributed by atoms with E-state index in [1.165, 1.54) is 18.2 Å². The molecule has 2 aromatic rings. The highest BCUT2D eigenvalue weighted by Crippen LogP contribution is 2.31. The summed E-state index contributed by atoms with van der Waals surface area (Å²) < 4.78 is 0. The number of halogens is 1. The molecule has 0 bridgehead atoms. The lowest BCUT2D eigenvalue weighted by molar-refractivity contribution is 0.0726. The van der Waals surface area contributed by atoms with Crippen molar-refractivity contribution in [3.05, 3.63) is 47.2 Å². The summed E-state index contributed by atoms with van der Waals surface area (Å²) in [5, 5.41) is 29.6. The van der Waals surface area contributed by atoms with E-state index in [-0.39, 0.29) is 22.0 Å². The van der Waals surface area contributed by atoms with Gasteiger partial charge in [-0.15, -0.1) is 0 Å². The number of aliphatic imine (C=N–C) groups is 1. The lowest BCUT2D eigenvalue weighted by atomic mass is 9.79. The lowest BCUT2D eigenvalue weighted by Gasteiger charge is -2.30. The van der Waals surface area contributed by atoms with Gasteiger partial charge in [-0.2, -0.15) is 0 Å². The maximum absolute atomic E-state index is 13.4. The third-order valence-corrected chi connectivity index (χ3v) is 4.97. The van der Waals surface area contributed by atoms with Crippen molar-refractivity contribution in [2.24, 2.45) is 10.9 Å². The highest BCUT2D eigenvalue weighted by Gasteiger charge is 2.33. The lowest BCUT2D eigenvalue weighted by Crippen LogP contribution is -2.47. The Morgan fingerprint density at radius 3 is 2.70 bits per heavy atom. The number of anilines is 1. The molecule has 1 fully saturated rings. The first kappa shape index (κ1) is 21.9. The van der Waals surface area contributed by atoms with E-state index >= 15 is 0 Å². The summed E-state index contributed by atoms with van der Waals surface area (Å²) in [6.07, 6.45) is 6.09. The van der Waals surface area contributed by atoms with Crippen LogP contribution in [0, 0.1) is 11.3 Å². The number of carbonyl (C=O) groups is 1. The Hall–Kier alpha value is -2.82. The van der Waals surface area contributed by atoms with Crippen molar-refractivity contribution in [2.75, 3.05) is 11.9 Å². The van der Waals surface area contributed by atoms with Crippen LogP contribution >= 0.6 is 11.6 Å². The molecule has 4 N–H and O–H groups in total. The Kier molecular flexibility index (Phi) is 7.14. The zero-order valence-electron chi connectivity index (χ0n) is 16.4. The Morgan fingerprint density at radius 1 is 1.40 bits per heavy atom. The van der Waals surface area contributed by atoms with Gasteiger partial charge in [-0.05, 0) is 55.4 Å². The van der Waals surface area contributed by atoms with Gasteiger partial charge in [-0.25, -0.2) is 15.0 Å². The van der Waals surface area contributed by atoms with Crippen LogP contribution in [-0.2, 0) is 0 Å². The normalized spacial score (nSPS) is 14.7. The molecule has 9 nitrogen and oxygen atoms in total. The van der Waals surface area contributed by atoms with Gasteiger partial charge in [-0.3, -0.25) is 10.2 Å². The summed E-state index contributed by atoms with van der Waals surface area (Å²) in [6, 6.07) is 5.45. The summed E-state index contributed by atoms with van der Waals surface area (Å²) in [4.78, 5) is 27.3. The standard InChI is InChI=1S/C19H22BClN6O3/c1-12(17(25-11-22)26-19-23-5-2-6-24-19)27(10-13-3-4-13)18(28)14-7-15(20(29)30)9-16(21)8-14/h2,5-9,11-13,29-30H,3-4,10H2,1H3,(H2,22,23,24,25,26). The van der Waals surface area contributed by atoms with Crippen LogP contribution in [0.4, 0.5) is 5.95 Å². The van der Waals surface area contributed by atoms with Crippen LogP contribution in [0.2, 0.25) is 5.02 Å². The van der Waals surface area contributed by atoms with Gasteiger partial charge in [-0.1, -0.05) is 11.6 Å². The van der Waals surface area contributed by atoms with Crippen LogP contribution in [-0.4, -0.2) is 62.7 Å². The Morgan fingerprint density at radius 2 is 2.10 bits per heavy atom. The number of nitrogens with one attached hydrogen (secondary N) is 2. The second-order valence-corrected chi connectivity index (χ2v) is 7.50. The molecule has 1 aliphatic carbocycles. The van der Waals surface area contributed by atoms with E-state index in [1.54, 1.807) is 30.3 Å². The molecule has 1 atom stereocenters. The third-order valence-electron chi connectivity index (χ3n) is 4.75. The van der Waals surface area contributed by atoms with E-state index in [9.17, 15) is 14.8 Å². The minimum atomic E-state index is -1.74. The Balaban J connectivity index is 1.91. The number of carbonyl (C=O) groups excluding carboxylic acids is 1. The zero-order valence-corrected chi connectivity index (χ0v) is 17.1. The second kappa shape index (κ2) is 9.79. The van der Waals surface area contributed by atoms with Crippen LogP contribution in [0.1, 0.15) is 30.1 Å². The van der Waals surface area contributed by atoms with Crippen molar-refractivity contribution in [3.63, 3.8) is 0 Å². The average Bonchev–Trinajstić information content (AvgIpc) is 3.55. The summed E-state index contributed by atoms with van der Waals surface area (Å²) in [7, 11) is -1.74. The first-order valence-electron chi connectivity index (χ1n) is 9.47. The van der Waals surface area contributed by atoms with Crippen molar-refractivity contribution in [1.82, 2.24) is 14.9 Å². The van der Waals surface area contributed by atoms with E-state index in [1.807, 2.05) is 0 Å². The zero-order chi connectivity index (χ0) is 21.7. The molecule has 1 aromatic heterocycles. The van der Waals surface area contributed by atoms with Gasteiger partial charge >= 0.3 is 7.12 Å². The van der Waals surface area contributed by atoms with Gasteiger partial charge in [0, 0.05) is 29.5 Å². The van der Waals surface area contributed by atoms with Crippen molar-refractivity contribution in [3.8, 4) is 0 Å². The Labute approximate surface area is 179 Å². The number of rotatable bonds is 8. The van der Waals surface area contributed by atoms with Crippen LogP contribution in [0.5, 0.6) is 0 Å². The molecule has 1 unspecified atom stereocenters. The van der Waals surface area contributed by atoms with Crippen LogP contribution < -0.4 is 10.8 Å². The predicted octanol–water partition coefficient (Wildman–Crippen LogP) is 1.17. The van der Waals surface area contributed by atoms with Gasteiger partial charge in [0.2, 0.25) is 5.95 Å². The molecule has 11 heteroatoms. The van der Waals surface area contributed by atoms with E-state index in [0.717, 1.165) is 19.2 Å². The fraction of sp³-hybridized carbons (Fsp3) is 0.316. The third kappa shape index (κ3) is 5.62. The summed E-state index contributed by atoms with van der Waals surface area (Å²) >= 11 is 6.08. The predicted molar refractivity (Wildman–Crippen MR) is 116 cm³/mol. The number of hydrogen-bond donors (Lipinski definition) is 4. The molecule has 30 heavy (non-hydrogen) atoms. The monoisotopic (exact) mass is 428 g/mol. The summed E-state index contributed by atoms with van der Waals surface area (Å²) in [6.45, 7) is 2.29. The maximum Gasteiger partial charge on any atom is 0.488 e. The fourth-order valence-electron chi connectivity index (χ4n) is 2.99. The molecule has 1 amide bonds. The first-order valence-corrected chi connectivity index (χ1v) is 9.85. The molecule has 1 aliphatic rings. The molecule has 0 radical (unpaired) electrons. The summed E-state index contributed by atoms with van der Waals surface area (Å²) in [5.41, 5.74) is 0.373. The number of benzene rings is 1. The van der Waals surface area contributed by atoms with Crippen molar-refractivity contribution in [1.29, 1.82) is 5.41 Å². The molecule has 0 saturated heterocycles. The quantitative estimate of drug-likeness (QED) is 0.283. The molecular weight excluding hydrogens is 407 g/mol. The Bertz CT molecular complexity index is 939. The number of nitrogens with zero attached hydrogens (tertiary/aromatic N) is 4. The first-order chi connectivity index (χ1) is 14.4. The van der Waals surface area contributed by atoms with E-state index in [0.29, 0.717) is 24.2 Å². The van der Waals surface area contributed by atoms with Gasteiger partial charge in [0.05, 0.1) is 6.04 Å². The number of hydrogen-bond acceptors (Lipinski definition) is 6. The molecule has 0 spiro atoms. The molecule has 1 aromatic carbocycles. The maximum atomic E-state index is 13.4. The smallest absolute Gasteiger partial charge is 0.423 e. The largest absolute Gasteiger partial charge is 0.488 e. The highest BCUT2D eigenvalue weighted by molar-refractivity contribution is 6.59. The van der Waals surface area contributed by atoms with Crippen LogP contribution in [0.3, 0.4) is 0 Å². The molecule has 0 aliphatic heterocycles. The van der Waals surface area contributed by atoms with Crippen molar-refractivity contribution < 1.29 is 14.8 Å². The van der Waals surface area contributed by atoms with Gasteiger partial charge in [0.25, 0.3) is 5.91 Å². The average molecular weight is 429 g/mol. The van der Waals surface area contributed by atoms with E-state index < -0.39 is 13.2 Å². The molecule has 156 valence electrons. The SMILES string of the molecule is CC(/C(=N/C=N)Nc1ncccn1)N(CC1CC1)C(=O)c1cc(Cl)cc(B(O)O)c1. The number of amides is 1. The van der Waals surface area contributed by atoms with Crippen LogP contribution in [0.15, 0.2) is 41.7 Å². The molecule has 1 saturated carbocycles. The van der Waals surface area contributed by atoms with Gasteiger partial charge < -0.3 is 20.3 Å². The van der Waals surface area contributed by atoms with Gasteiger partial charge in [0.1, 0.15) is 12.2 Å². The fourth-order valence-corrected chi connectivity index (χ4v) is 3.23. The second-order valence-electron chi connectivity index (χ2n) is 7.06. The van der Waals surface area contributed by atoms with Crippen molar-refractivity contribution >= 4 is 48.2 Å². The summed E-state index contributed by atoms with van der Waals surface area (Å²) in [5.74, 6) is 0.701. The molecular formula is C19H22BClN6O3. The minimum absolute atomic E-state index is 0.133. The van der Waals surface area contributed by atoms with Gasteiger partial charge in [0.15, 0.2) is 0 Å². The molecule has 1 heterocycles. The van der Waals surface area contributed by atoms with Crippen LogP contribution in [0.25, 0.3) is 0 Å². The van der Waals surface area contributed by atoms with Crippen molar-refractivity contribution in [2.45, 2.75) is 25.8 Å². The van der Waals surface area contributed by atoms with E-state index in [4.69, 9.17) is 17.0 Å². The van der Waals surface area contributed by atoms with E-state index in [2.05, 4.69) is 20.3 Å². The topological polar surface area (TPSA) is 135 Å². The number of aromatic nitrogens is 2. The number of amidine groups is 1. The molecule has 3 rings (SSSR count). The minimum Gasteiger partial charge on any atom is -0.423 e. The highest BCUT2D eigenvalue weighted by atomic mass is 35.5.